The van der Waals surface area contributed by atoms with Gasteiger partial charge in [0.1, 0.15) is 5.69 Å². The van der Waals surface area contributed by atoms with Crippen LogP contribution in [0.3, 0.4) is 0 Å². The summed E-state index contributed by atoms with van der Waals surface area (Å²) in [6.07, 6.45) is 9.34. The van der Waals surface area contributed by atoms with Gasteiger partial charge in [0.15, 0.2) is 0 Å². The summed E-state index contributed by atoms with van der Waals surface area (Å²) in [5.41, 5.74) is 0.801. The molecule has 5 nitrogen and oxygen atoms in total. The standard InChI is InChI=1S/C19H29N3O2/c1-14(2)9-11-21-18(23)15-10-12-20-17(13-15)19(24)22-16-7-5-3-4-6-8-16/h10,12-14,16H,3-9,11H2,1-2H3,(H,21,23)(H,22,24). The minimum atomic E-state index is -0.182. The van der Waals surface area contributed by atoms with Crippen LogP contribution in [0, 0.1) is 5.92 Å². The molecule has 1 heterocycles. The quantitative estimate of drug-likeness (QED) is 0.786. The van der Waals surface area contributed by atoms with Crippen LogP contribution in [0.25, 0.3) is 0 Å². The minimum Gasteiger partial charge on any atom is -0.352 e. The fourth-order valence-corrected chi connectivity index (χ4v) is 2.96. The molecular formula is C19H29N3O2. The molecule has 0 bridgehead atoms. The summed E-state index contributed by atoms with van der Waals surface area (Å²) in [5.74, 6) is 0.212. The Labute approximate surface area is 144 Å². The Balaban J connectivity index is 1.93. The van der Waals surface area contributed by atoms with Gasteiger partial charge in [-0.3, -0.25) is 14.6 Å². The molecule has 2 N–H and O–H groups in total. The molecule has 0 aromatic carbocycles. The molecule has 0 atom stereocenters. The van der Waals surface area contributed by atoms with Crippen LogP contribution in [0.2, 0.25) is 0 Å². The minimum absolute atomic E-state index is 0.151. The van der Waals surface area contributed by atoms with Crippen LogP contribution >= 0.6 is 0 Å². The predicted molar refractivity (Wildman–Crippen MR) is 95.0 cm³/mol. The fourth-order valence-electron chi connectivity index (χ4n) is 2.96. The molecule has 0 radical (unpaired) electrons. The maximum atomic E-state index is 12.4. The van der Waals surface area contributed by atoms with Gasteiger partial charge in [-0.2, -0.15) is 0 Å². The summed E-state index contributed by atoms with van der Waals surface area (Å²) in [6.45, 7) is 4.88. The van der Waals surface area contributed by atoms with E-state index in [1.807, 2.05) is 0 Å². The number of pyridine rings is 1. The van der Waals surface area contributed by atoms with Gasteiger partial charge in [0.25, 0.3) is 11.8 Å². The summed E-state index contributed by atoms with van der Waals surface area (Å²) in [4.78, 5) is 28.7. The first kappa shape index (κ1) is 18.4. The Morgan fingerprint density at radius 1 is 1.17 bits per heavy atom. The Bertz CT molecular complexity index is 549. The van der Waals surface area contributed by atoms with Crippen molar-refractivity contribution in [3.63, 3.8) is 0 Å². The summed E-state index contributed by atoms with van der Waals surface area (Å²) in [6, 6.07) is 3.45. The third-order valence-electron chi connectivity index (χ3n) is 4.45. The first-order chi connectivity index (χ1) is 11.6. The zero-order valence-electron chi connectivity index (χ0n) is 14.8. The molecule has 0 unspecified atom stereocenters. The second-order valence-corrected chi connectivity index (χ2v) is 7.03. The molecular weight excluding hydrogens is 302 g/mol. The van der Waals surface area contributed by atoms with Crippen molar-refractivity contribution in [3.05, 3.63) is 29.6 Å². The lowest BCUT2D eigenvalue weighted by atomic mass is 10.1. The molecule has 2 amide bonds. The van der Waals surface area contributed by atoms with Gasteiger partial charge >= 0.3 is 0 Å². The topological polar surface area (TPSA) is 71.1 Å². The molecule has 1 aliphatic rings. The van der Waals surface area contributed by atoms with Crippen LogP contribution in [-0.4, -0.2) is 29.4 Å². The van der Waals surface area contributed by atoms with E-state index >= 15 is 0 Å². The van der Waals surface area contributed by atoms with E-state index in [-0.39, 0.29) is 17.9 Å². The molecule has 1 saturated carbocycles. The van der Waals surface area contributed by atoms with E-state index in [4.69, 9.17) is 0 Å². The first-order valence-corrected chi connectivity index (χ1v) is 9.11. The maximum absolute atomic E-state index is 12.4. The van der Waals surface area contributed by atoms with Crippen LogP contribution in [0.5, 0.6) is 0 Å². The van der Waals surface area contributed by atoms with E-state index in [0.717, 1.165) is 32.1 Å². The van der Waals surface area contributed by atoms with Gasteiger partial charge in [0.05, 0.1) is 0 Å². The number of nitrogens with zero attached hydrogens (tertiary/aromatic N) is 1. The average molecular weight is 331 g/mol. The molecule has 1 aliphatic carbocycles. The highest BCUT2D eigenvalue weighted by Gasteiger charge is 2.17. The van der Waals surface area contributed by atoms with Gasteiger partial charge in [-0.15, -0.1) is 0 Å². The molecule has 0 spiro atoms. The SMILES string of the molecule is CC(C)CCNC(=O)c1ccnc(C(=O)NC2CCCCCC2)c1. The molecule has 0 aliphatic heterocycles. The second kappa shape index (κ2) is 9.40. The van der Waals surface area contributed by atoms with Crippen molar-refractivity contribution >= 4 is 11.8 Å². The second-order valence-electron chi connectivity index (χ2n) is 7.03. The Morgan fingerprint density at radius 3 is 2.54 bits per heavy atom. The van der Waals surface area contributed by atoms with Crippen LogP contribution in [0.4, 0.5) is 0 Å². The Morgan fingerprint density at radius 2 is 1.88 bits per heavy atom. The van der Waals surface area contributed by atoms with Gasteiger partial charge in [-0.25, -0.2) is 0 Å². The van der Waals surface area contributed by atoms with Crippen LogP contribution in [0.15, 0.2) is 18.3 Å². The fraction of sp³-hybridized carbons (Fsp3) is 0.632. The molecule has 132 valence electrons. The summed E-state index contributed by atoms with van der Waals surface area (Å²) in [7, 11) is 0. The van der Waals surface area contributed by atoms with Crippen molar-refractivity contribution in [2.24, 2.45) is 5.92 Å². The normalized spacial score (nSPS) is 15.8. The Hall–Kier alpha value is -1.91. The molecule has 1 aromatic heterocycles. The smallest absolute Gasteiger partial charge is 0.270 e. The van der Waals surface area contributed by atoms with Crippen molar-refractivity contribution in [3.8, 4) is 0 Å². The summed E-state index contributed by atoms with van der Waals surface area (Å²) < 4.78 is 0. The van der Waals surface area contributed by atoms with Gasteiger partial charge in [-0.1, -0.05) is 39.5 Å². The van der Waals surface area contributed by atoms with Gasteiger partial charge < -0.3 is 10.6 Å². The Kier molecular flexibility index (Phi) is 7.22. The summed E-state index contributed by atoms with van der Waals surface area (Å²) >= 11 is 0. The molecule has 24 heavy (non-hydrogen) atoms. The van der Waals surface area contributed by atoms with Crippen LogP contribution in [-0.2, 0) is 0 Å². The zero-order chi connectivity index (χ0) is 17.4. The highest BCUT2D eigenvalue weighted by atomic mass is 16.2. The van der Waals surface area contributed by atoms with Crippen molar-refractivity contribution in [2.45, 2.75) is 64.8 Å². The zero-order valence-corrected chi connectivity index (χ0v) is 14.8. The number of hydrogen-bond acceptors (Lipinski definition) is 3. The van der Waals surface area contributed by atoms with Gasteiger partial charge in [-0.05, 0) is 37.3 Å². The van der Waals surface area contributed by atoms with E-state index in [0.29, 0.717) is 23.7 Å². The highest BCUT2D eigenvalue weighted by Crippen LogP contribution is 2.17. The first-order valence-electron chi connectivity index (χ1n) is 9.11. The van der Waals surface area contributed by atoms with Crippen molar-refractivity contribution in [1.29, 1.82) is 0 Å². The highest BCUT2D eigenvalue weighted by molar-refractivity contribution is 5.98. The molecule has 1 aromatic rings. The van der Waals surface area contributed by atoms with E-state index in [9.17, 15) is 9.59 Å². The lowest BCUT2D eigenvalue weighted by Crippen LogP contribution is -2.35. The molecule has 0 saturated heterocycles. The van der Waals surface area contributed by atoms with E-state index < -0.39 is 0 Å². The molecule has 2 rings (SSSR count). The van der Waals surface area contributed by atoms with E-state index in [1.54, 1.807) is 12.1 Å². The van der Waals surface area contributed by atoms with Crippen LogP contribution < -0.4 is 10.6 Å². The molecule has 5 heteroatoms. The monoisotopic (exact) mass is 331 g/mol. The average Bonchev–Trinajstić information content (AvgIpc) is 2.83. The third kappa shape index (κ3) is 5.95. The number of rotatable bonds is 6. The van der Waals surface area contributed by atoms with Crippen molar-refractivity contribution in [1.82, 2.24) is 15.6 Å². The number of hydrogen-bond donors (Lipinski definition) is 2. The largest absolute Gasteiger partial charge is 0.352 e. The van der Waals surface area contributed by atoms with Gasteiger partial charge in [0, 0.05) is 24.3 Å². The van der Waals surface area contributed by atoms with E-state index in [1.165, 1.54) is 19.0 Å². The number of carbonyl (C=O) groups is 2. The van der Waals surface area contributed by atoms with Crippen LogP contribution in [0.1, 0.15) is 79.6 Å². The lowest BCUT2D eigenvalue weighted by molar-refractivity contribution is 0.0928. The van der Waals surface area contributed by atoms with Crippen molar-refractivity contribution in [2.75, 3.05) is 6.54 Å². The van der Waals surface area contributed by atoms with Gasteiger partial charge in [0.2, 0.25) is 0 Å². The number of amides is 2. The third-order valence-corrected chi connectivity index (χ3v) is 4.45. The van der Waals surface area contributed by atoms with Crippen molar-refractivity contribution < 1.29 is 9.59 Å². The maximum Gasteiger partial charge on any atom is 0.270 e. The lowest BCUT2D eigenvalue weighted by Gasteiger charge is -2.16. The predicted octanol–water partition coefficient (Wildman–Crippen LogP) is 3.31. The molecule has 1 fully saturated rings. The van der Waals surface area contributed by atoms with E-state index in [2.05, 4.69) is 29.5 Å². The number of carbonyl (C=O) groups excluding carboxylic acids is 2. The number of nitrogens with one attached hydrogen (secondary N) is 2. The number of aromatic nitrogens is 1. The summed E-state index contributed by atoms with van der Waals surface area (Å²) in [5, 5.41) is 5.95.